The van der Waals surface area contributed by atoms with Crippen LogP contribution in [0, 0.1) is 11.3 Å². The first-order valence-corrected chi connectivity index (χ1v) is 5.64. The Morgan fingerprint density at radius 3 is 2.71 bits per heavy atom. The lowest BCUT2D eigenvalue weighted by molar-refractivity contribution is 0.391. The zero-order chi connectivity index (χ0) is 12.3. The summed E-state index contributed by atoms with van der Waals surface area (Å²) in [5.41, 5.74) is 3.34. The molecule has 3 heteroatoms. The zero-order valence-electron chi connectivity index (χ0n) is 10.1. The molecule has 88 valence electrons. The summed E-state index contributed by atoms with van der Waals surface area (Å²) in [6, 6.07) is 6.01. The maximum Gasteiger partial charge on any atom is 0.130 e. The van der Waals surface area contributed by atoms with Crippen LogP contribution in [-0.2, 0) is 6.42 Å². The van der Waals surface area contributed by atoms with E-state index >= 15 is 0 Å². The van der Waals surface area contributed by atoms with Crippen molar-refractivity contribution < 1.29 is 9.47 Å². The SMILES string of the molecule is COc1cc2c(c(OC)c1)C(=CC#N)CCC2. The van der Waals surface area contributed by atoms with Crippen LogP contribution in [0.4, 0.5) is 0 Å². The third kappa shape index (κ3) is 2.12. The Kier molecular flexibility index (Phi) is 3.34. The number of nitrogens with zero attached hydrogens (tertiary/aromatic N) is 1. The summed E-state index contributed by atoms with van der Waals surface area (Å²) < 4.78 is 10.7. The molecule has 0 N–H and O–H groups in total. The number of hydrogen-bond donors (Lipinski definition) is 0. The van der Waals surface area contributed by atoms with E-state index in [1.54, 1.807) is 20.3 Å². The summed E-state index contributed by atoms with van der Waals surface area (Å²) in [5, 5.41) is 8.82. The van der Waals surface area contributed by atoms with Gasteiger partial charge in [0.25, 0.3) is 0 Å². The van der Waals surface area contributed by atoms with Gasteiger partial charge in [0.1, 0.15) is 11.5 Å². The number of aryl methyl sites for hydroxylation is 1. The normalized spacial score (nSPS) is 16.2. The summed E-state index contributed by atoms with van der Waals surface area (Å²) >= 11 is 0. The maximum atomic E-state index is 8.82. The summed E-state index contributed by atoms with van der Waals surface area (Å²) in [5.74, 6) is 1.60. The fourth-order valence-corrected chi connectivity index (χ4v) is 2.30. The van der Waals surface area contributed by atoms with Gasteiger partial charge >= 0.3 is 0 Å². The molecule has 2 rings (SSSR count). The monoisotopic (exact) mass is 229 g/mol. The number of benzene rings is 1. The van der Waals surface area contributed by atoms with Crippen LogP contribution in [0.2, 0.25) is 0 Å². The van der Waals surface area contributed by atoms with Gasteiger partial charge in [-0.25, -0.2) is 0 Å². The van der Waals surface area contributed by atoms with Crippen LogP contribution in [0.25, 0.3) is 5.57 Å². The van der Waals surface area contributed by atoms with Crippen molar-refractivity contribution >= 4 is 5.57 Å². The molecule has 0 fully saturated rings. The smallest absolute Gasteiger partial charge is 0.130 e. The molecule has 0 bridgehead atoms. The highest BCUT2D eigenvalue weighted by molar-refractivity contribution is 5.77. The molecule has 0 aromatic heterocycles. The molecule has 0 unspecified atom stereocenters. The molecule has 1 aromatic rings. The average Bonchev–Trinajstić information content (AvgIpc) is 2.38. The zero-order valence-corrected chi connectivity index (χ0v) is 10.1. The van der Waals surface area contributed by atoms with Crippen LogP contribution < -0.4 is 9.47 Å². The van der Waals surface area contributed by atoms with Gasteiger partial charge in [-0.05, 0) is 36.5 Å². The van der Waals surface area contributed by atoms with Gasteiger partial charge in [0.05, 0.1) is 20.3 Å². The Labute approximate surface area is 101 Å². The van der Waals surface area contributed by atoms with E-state index in [2.05, 4.69) is 6.07 Å². The molecule has 0 radical (unpaired) electrons. The van der Waals surface area contributed by atoms with Gasteiger partial charge in [-0.2, -0.15) is 5.26 Å². The lowest BCUT2D eigenvalue weighted by atomic mass is 9.86. The second-order valence-corrected chi connectivity index (χ2v) is 4.02. The van der Waals surface area contributed by atoms with E-state index in [1.807, 2.05) is 12.1 Å². The fraction of sp³-hybridized carbons (Fsp3) is 0.357. The van der Waals surface area contributed by atoms with Crippen molar-refractivity contribution in [3.05, 3.63) is 29.3 Å². The Morgan fingerprint density at radius 2 is 2.06 bits per heavy atom. The molecule has 0 atom stereocenters. The number of methoxy groups -OCH3 is 2. The minimum atomic E-state index is 0.792. The molecule has 3 nitrogen and oxygen atoms in total. The Balaban J connectivity index is 2.60. The molecular formula is C14H15NO2. The second kappa shape index (κ2) is 4.92. The van der Waals surface area contributed by atoms with Crippen molar-refractivity contribution in [3.8, 4) is 17.6 Å². The van der Waals surface area contributed by atoms with E-state index < -0.39 is 0 Å². The summed E-state index contributed by atoms with van der Waals surface area (Å²) in [7, 11) is 3.30. The first-order chi connectivity index (χ1) is 8.30. The Bertz CT molecular complexity index is 480. The number of ether oxygens (including phenoxy) is 2. The quantitative estimate of drug-likeness (QED) is 0.732. The average molecular weight is 229 g/mol. The molecule has 1 aromatic carbocycles. The van der Waals surface area contributed by atoms with Crippen LogP contribution in [0.5, 0.6) is 11.5 Å². The van der Waals surface area contributed by atoms with E-state index in [9.17, 15) is 0 Å². The maximum absolute atomic E-state index is 8.82. The van der Waals surface area contributed by atoms with Crippen LogP contribution in [0.15, 0.2) is 18.2 Å². The molecule has 1 aliphatic rings. The third-order valence-electron chi connectivity index (χ3n) is 3.07. The predicted octanol–water partition coefficient (Wildman–Crippen LogP) is 2.95. The van der Waals surface area contributed by atoms with E-state index in [1.165, 1.54) is 5.56 Å². The van der Waals surface area contributed by atoms with Crippen molar-refractivity contribution in [1.82, 2.24) is 0 Å². The molecular weight excluding hydrogens is 214 g/mol. The van der Waals surface area contributed by atoms with Gasteiger partial charge in [0.15, 0.2) is 0 Å². The van der Waals surface area contributed by atoms with Crippen molar-refractivity contribution in [1.29, 1.82) is 5.26 Å². The standard InChI is InChI=1S/C14H15NO2/c1-16-12-8-11-5-3-4-10(6-7-15)14(11)13(9-12)17-2/h6,8-9H,3-5H2,1-2H3. The van der Waals surface area contributed by atoms with Crippen molar-refractivity contribution in [2.24, 2.45) is 0 Å². The molecule has 0 heterocycles. The lowest BCUT2D eigenvalue weighted by Gasteiger charge is -2.22. The molecule has 0 spiro atoms. The van der Waals surface area contributed by atoms with Crippen molar-refractivity contribution in [3.63, 3.8) is 0 Å². The lowest BCUT2D eigenvalue weighted by Crippen LogP contribution is -2.05. The predicted molar refractivity (Wildman–Crippen MR) is 66.1 cm³/mol. The van der Waals surface area contributed by atoms with E-state index in [-0.39, 0.29) is 0 Å². The van der Waals surface area contributed by atoms with Gasteiger partial charge in [0.2, 0.25) is 0 Å². The van der Waals surface area contributed by atoms with Crippen molar-refractivity contribution in [2.75, 3.05) is 14.2 Å². The van der Waals surface area contributed by atoms with Crippen LogP contribution in [-0.4, -0.2) is 14.2 Å². The fourth-order valence-electron chi connectivity index (χ4n) is 2.30. The first kappa shape index (κ1) is 11.5. The molecule has 0 aliphatic heterocycles. The first-order valence-electron chi connectivity index (χ1n) is 5.64. The molecule has 0 saturated carbocycles. The Morgan fingerprint density at radius 1 is 1.24 bits per heavy atom. The van der Waals surface area contributed by atoms with Gasteiger partial charge in [-0.15, -0.1) is 0 Å². The molecule has 17 heavy (non-hydrogen) atoms. The molecule has 1 aliphatic carbocycles. The van der Waals surface area contributed by atoms with E-state index in [4.69, 9.17) is 14.7 Å². The largest absolute Gasteiger partial charge is 0.497 e. The van der Waals surface area contributed by atoms with Gasteiger partial charge in [-0.3, -0.25) is 0 Å². The second-order valence-electron chi connectivity index (χ2n) is 4.02. The number of nitriles is 1. The summed E-state index contributed by atoms with van der Waals surface area (Å²) in [4.78, 5) is 0. The Hall–Kier alpha value is -1.95. The van der Waals surface area contributed by atoms with Crippen LogP contribution >= 0.6 is 0 Å². The van der Waals surface area contributed by atoms with E-state index in [0.717, 1.165) is 41.9 Å². The number of allylic oxidation sites excluding steroid dienone is 2. The van der Waals surface area contributed by atoms with Gasteiger partial charge < -0.3 is 9.47 Å². The summed E-state index contributed by atoms with van der Waals surface area (Å²) in [6.45, 7) is 0. The number of rotatable bonds is 2. The van der Waals surface area contributed by atoms with E-state index in [0.29, 0.717) is 0 Å². The van der Waals surface area contributed by atoms with Gasteiger partial charge in [-0.1, -0.05) is 0 Å². The minimum absolute atomic E-state index is 0.792. The topological polar surface area (TPSA) is 42.2 Å². The minimum Gasteiger partial charge on any atom is -0.497 e. The number of hydrogen-bond acceptors (Lipinski definition) is 3. The number of fused-ring (bicyclic) bond motifs is 1. The summed E-state index contributed by atoms with van der Waals surface area (Å²) in [6.07, 6.45) is 4.62. The highest BCUT2D eigenvalue weighted by atomic mass is 16.5. The highest BCUT2D eigenvalue weighted by Crippen LogP contribution is 2.39. The van der Waals surface area contributed by atoms with Crippen LogP contribution in [0.3, 0.4) is 0 Å². The van der Waals surface area contributed by atoms with Crippen molar-refractivity contribution in [2.45, 2.75) is 19.3 Å². The highest BCUT2D eigenvalue weighted by Gasteiger charge is 2.19. The van der Waals surface area contributed by atoms with Crippen LogP contribution in [0.1, 0.15) is 24.0 Å². The third-order valence-corrected chi connectivity index (χ3v) is 3.07. The molecule has 0 saturated heterocycles. The van der Waals surface area contributed by atoms with Gasteiger partial charge in [0, 0.05) is 17.7 Å². The molecule has 0 amide bonds.